The molecule has 1 fully saturated rings. The molecule has 1 amide bonds. The number of carbonyl (C=O) groups is 1. The van der Waals surface area contributed by atoms with Gasteiger partial charge >= 0.3 is 6.09 Å². The molecular weight excluding hydrogens is 268 g/mol. The van der Waals surface area contributed by atoms with Crippen LogP contribution in [0.2, 0.25) is 0 Å². The summed E-state index contributed by atoms with van der Waals surface area (Å²) in [6.45, 7) is 0.926. The van der Waals surface area contributed by atoms with E-state index in [1.165, 1.54) is 0 Å². The van der Waals surface area contributed by atoms with Crippen molar-refractivity contribution in [2.24, 2.45) is 0 Å². The highest BCUT2D eigenvalue weighted by Gasteiger charge is 2.32. The number of pyridine rings is 1. The number of methoxy groups -OCH3 is 1. The Morgan fingerprint density at radius 2 is 2.10 bits per heavy atom. The number of ether oxygens (including phenoxy) is 2. The predicted octanol–water partition coefficient (Wildman–Crippen LogP) is 2.72. The Bertz CT molecular complexity index is 613. The molecule has 3 rings (SSSR count). The topological polar surface area (TPSA) is 51.7 Å². The molecular formula is C16H16N2O3. The second kappa shape index (κ2) is 5.93. The van der Waals surface area contributed by atoms with Crippen molar-refractivity contribution >= 4 is 11.8 Å². The molecule has 1 atom stereocenters. The van der Waals surface area contributed by atoms with Crippen LogP contribution in [0.4, 0.5) is 10.5 Å². The molecule has 0 saturated carbocycles. The molecule has 2 aromatic rings. The van der Waals surface area contributed by atoms with Crippen LogP contribution in [0.25, 0.3) is 11.1 Å². The van der Waals surface area contributed by atoms with Gasteiger partial charge in [-0.1, -0.05) is 18.2 Å². The Kier molecular flexibility index (Phi) is 3.83. The maximum atomic E-state index is 11.9. The van der Waals surface area contributed by atoms with Crippen molar-refractivity contribution in [2.75, 3.05) is 25.2 Å². The number of aromatic nitrogens is 1. The van der Waals surface area contributed by atoms with Gasteiger partial charge in [-0.05, 0) is 29.3 Å². The van der Waals surface area contributed by atoms with Crippen LogP contribution < -0.4 is 4.90 Å². The van der Waals surface area contributed by atoms with Gasteiger partial charge in [0.05, 0.1) is 13.2 Å². The van der Waals surface area contributed by atoms with Crippen molar-refractivity contribution in [3.63, 3.8) is 0 Å². The minimum Gasteiger partial charge on any atom is -0.441 e. The molecule has 1 aromatic heterocycles. The molecule has 0 aliphatic carbocycles. The van der Waals surface area contributed by atoms with Crippen LogP contribution >= 0.6 is 0 Å². The van der Waals surface area contributed by atoms with Crippen LogP contribution in [-0.2, 0) is 9.47 Å². The fraction of sp³-hybridized carbons (Fsp3) is 0.250. The third-order valence-electron chi connectivity index (χ3n) is 3.40. The molecule has 21 heavy (non-hydrogen) atoms. The van der Waals surface area contributed by atoms with Gasteiger partial charge in [-0.2, -0.15) is 0 Å². The van der Waals surface area contributed by atoms with Crippen LogP contribution in [-0.4, -0.2) is 37.4 Å². The van der Waals surface area contributed by atoms with Gasteiger partial charge < -0.3 is 9.47 Å². The lowest BCUT2D eigenvalue weighted by molar-refractivity contribution is 0.0718. The number of rotatable bonds is 4. The Hall–Kier alpha value is -2.40. The van der Waals surface area contributed by atoms with Gasteiger partial charge in [0, 0.05) is 25.2 Å². The third kappa shape index (κ3) is 2.87. The van der Waals surface area contributed by atoms with Crippen molar-refractivity contribution in [1.82, 2.24) is 4.98 Å². The van der Waals surface area contributed by atoms with E-state index in [4.69, 9.17) is 9.47 Å². The van der Waals surface area contributed by atoms with E-state index in [2.05, 4.69) is 4.98 Å². The first kappa shape index (κ1) is 13.6. The van der Waals surface area contributed by atoms with Gasteiger partial charge in [0.2, 0.25) is 0 Å². The molecule has 0 spiro atoms. The molecule has 5 heteroatoms. The number of nitrogens with zero attached hydrogens (tertiary/aromatic N) is 2. The first-order chi connectivity index (χ1) is 10.3. The number of cyclic esters (lactones) is 1. The van der Waals surface area contributed by atoms with E-state index in [0.717, 1.165) is 16.8 Å². The van der Waals surface area contributed by atoms with Crippen molar-refractivity contribution in [2.45, 2.75) is 6.10 Å². The molecule has 108 valence electrons. The smallest absolute Gasteiger partial charge is 0.414 e. The highest BCUT2D eigenvalue weighted by atomic mass is 16.6. The summed E-state index contributed by atoms with van der Waals surface area (Å²) in [6, 6.07) is 11.7. The summed E-state index contributed by atoms with van der Waals surface area (Å²) >= 11 is 0. The normalized spacial score (nSPS) is 17.9. The fourth-order valence-corrected chi connectivity index (χ4v) is 2.37. The Balaban J connectivity index is 1.77. The van der Waals surface area contributed by atoms with E-state index in [1.807, 2.05) is 42.6 Å². The number of carbonyl (C=O) groups excluding carboxylic acids is 1. The number of benzene rings is 1. The number of amides is 1. The first-order valence-electron chi connectivity index (χ1n) is 6.75. The maximum Gasteiger partial charge on any atom is 0.414 e. The Labute approximate surface area is 123 Å². The van der Waals surface area contributed by atoms with Gasteiger partial charge in [-0.15, -0.1) is 0 Å². The standard InChI is InChI=1S/C16H16N2O3/c1-20-11-15-10-18(16(19)21-15)14-6-4-12(5-7-14)13-3-2-8-17-9-13/h2-9,15H,10-11H2,1H3/t15-/m1/s1. The van der Waals surface area contributed by atoms with Crippen LogP contribution in [0.15, 0.2) is 48.8 Å². The maximum absolute atomic E-state index is 11.9. The molecule has 1 aliphatic heterocycles. The second-order valence-corrected chi connectivity index (χ2v) is 4.86. The SMILES string of the molecule is COC[C@H]1CN(c2ccc(-c3cccnc3)cc2)C(=O)O1. The van der Waals surface area contributed by atoms with Crippen LogP contribution in [0.5, 0.6) is 0 Å². The first-order valence-corrected chi connectivity index (χ1v) is 6.75. The molecule has 1 aliphatic rings. The zero-order valence-corrected chi connectivity index (χ0v) is 11.7. The number of hydrogen-bond donors (Lipinski definition) is 0. The molecule has 0 bridgehead atoms. The summed E-state index contributed by atoms with van der Waals surface area (Å²) in [5, 5.41) is 0. The van der Waals surface area contributed by atoms with Gasteiger partial charge in [0.25, 0.3) is 0 Å². The molecule has 1 aromatic carbocycles. The predicted molar refractivity (Wildman–Crippen MR) is 79.2 cm³/mol. The molecule has 5 nitrogen and oxygen atoms in total. The zero-order valence-electron chi connectivity index (χ0n) is 11.7. The van der Waals surface area contributed by atoms with Crippen molar-refractivity contribution in [3.8, 4) is 11.1 Å². The zero-order chi connectivity index (χ0) is 14.7. The van der Waals surface area contributed by atoms with E-state index in [9.17, 15) is 4.79 Å². The van der Waals surface area contributed by atoms with Crippen molar-refractivity contribution < 1.29 is 14.3 Å². The third-order valence-corrected chi connectivity index (χ3v) is 3.40. The van der Waals surface area contributed by atoms with E-state index < -0.39 is 0 Å². The van der Waals surface area contributed by atoms with Gasteiger partial charge in [0.15, 0.2) is 0 Å². The van der Waals surface area contributed by atoms with E-state index in [0.29, 0.717) is 13.2 Å². The lowest BCUT2D eigenvalue weighted by Gasteiger charge is -2.13. The van der Waals surface area contributed by atoms with Crippen molar-refractivity contribution in [3.05, 3.63) is 48.8 Å². The summed E-state index contributed by atoms with van der Waals surface area (Å²) in [5.74, 6) is 0. The summed E-state index contributed by atoms with van der Waals surface area (Å²) in [7, 11) is 1.60. The average molecular weight is 284 g/mol. The Morgan fingerprint density at radius 3 is 2.76 bits per heavy atom. The largest absolute Gasteiger partial charge is 0.441 e. The average Bonchev–Trinajstić information content (AvgIpc) is 2.89. The van der Waals surface area contributed by atoms with E-state index in [1.54, 1.807) is 18.2 Å². The summed E-state index contributed by atoms with van der Waals surface area (Å²) < 4.78 is 10.3. The van der Waals surface area contributed by atoms with Gasteiger partial charge in [0.1, 0.15) is 6.10 Å². The molecule has 0 N–H and O–H groups in total. The van der Waals surface area contributed by atoms with Crippen LogP contribution in [0.3, 0.4) is 0 Å². The quantitative estimate of drug-likeness (QED) is 0.866. The molecule has 0 unspecified atom stereocenters. The highest BCUT2D eigenvalue weighted by Crippen LogP contribution is 2.25. The lowest BCUT2D eigenvalue weighted by Crippen LogP contribution is -2.25. The monoisotopic (exact) mass is 284 g/mol. The molecule has 0 radical (unpaired) electrons. The van der Waals surface area contributed by atoms with Crippen molar-refractivity contribution in [1.29, 1.82) is 0 Å². The minimum absolute atomic E-state index is 0.208. The Morgan fingerprint density at radius 1 is 1.29 bits per heavy atom. The van der Waals surface area contributed by atoms with E-state index >= 15 is 0 Å². The number of hydrogen-bond acceptors (Lipinski definition) is 4. The summed E-state index contributed by atoms with van der Waals surface area (Å²) in [4.78, 5) is 17.6. The number of anilines is 1. The molecule has 2 heterocycles. The van der Waals surface area contributed by atoms with E-state index in [-0.39, 0.29) is 12.2 Å². The molecule has 1 saturated heterocycles. The second-order valence-electron chi connectivity index (χ2n) is 4.86. The van der Waals surface area contributed by atoms with Crippen LogP contribution in [0.1, 0.15) is 0 Å². The summed E-state index contributed by atoms with van der Waals surface area (Å²) in [5.41, 5.74) is 2.93. The summed E-state index contributed by atoms with van der Waals surface area (Å²) in [6.07, 6.45) is 3.02. The lowest BCUT2D eigenvalue weighted by atomic mass is 10.1. The fourth-order valence-electron chi connectivity index (χ4n) is 2.37. The highest BCUT2D eigenvalue weighted by molar-refractivity contribution is 5.90. The van der Waals surface area contributed by atoms with Gasteiger partial charge in [-0.3, -0.25) is 9.88 Å². The van der Waals surface area contributed by atoms with Crippen LogP contribution in [0, 0.1) is 0 Å². The minimum atomic E-state index is -0.328. The van der Waals surface area contributed by atoms with Gasteiger partial charge in [-0.25, -0.2) is 4.79 Å².